The van der Waals surface area contributed by atoms with E-state index in [0.29, 0.717) is 24.6 Å². The molecule has 0 radical (unpaired) electrons. The summed E-state index contributed by atoms with van der Waals surface area (Å²) in [5.41, 5.74) is 0. The second-order valence-corrected chi connectivity index (χ2v) is 7.43. The molecule has 106 valence electrons. The van der Waals surface area contributed by atoms with Crippen molar-refractivity contribution in [1.29, 1.82) is 0 Å². The highest BCUT2D eigenvalue weighted by molar-refractivity contribution is 9.10. The van der Waals surface area contributed by atoms with Crippen molar-refractivity contribution in [1.82, 2.24) is 4.31 Å². The Morgan fingerprint density at radius 3 is 2.95 bits per heavy atom. The second kappa shape index (κ2) is 6.35. The highest BCUT2D eigenvalue weighted by atomic mass is 79.9. The average molecular weight is 348 g/mol. The number of sulfonamides is 1. The number of ether oxygens (including phenoxy) is 1. The molecule has 1 unspecified atom stereocenters. The zero-order valence-electron chi connectivity index (χ0n) is 10.9. The third kappa shape index (κ3) is 3.56. The molecule has 0 amide bonds. The molecule has 0 aliphatic carbocycles. The van der Waals surface area contributed by atoms with Gasteiger partial charge in [-0.15, -0.1) is 0 Å². The van der Waals surface area contributed by atoms with Gasteiger partial charge in [-0.1, -0.05) is 28.9 Å². The van der Waals surface area contributed by atoms with Gasteiger partial charge >= 0.3 is 0 Å². The summed E-state index contributed by atoms with van der Waals surface area (Å²) in [6.07, 6.45) is 1.55. The zero-order valence-corrected chi connectivity index (χ0v) is 13.3. The van der Waals surface area contributed by atoms with Gasteiger partial charge in [0.25, 0.3) is 0 Å². The largest absolute Gasteiger partial charge is 0.377 e. The van der Waals surface area contributed by atoms with Crippen LogP contribution in [0.3, 0.4) is 0 Å². The van der Waals surface area contributed by atoms with Crippen LogP contribution < -0.4 is 0 Å². The summed E-state index contributed by atoms with van der Waals surface area (Å²) in [5, 5.41) is 0. The fourth-order valence-electron chi connectivity index (χ4n) is 2.10. The van der Waals surface area contributed by atoms with E-state index in [-0.39, 0.29) is 6.10 Å². The Balaban J connectivity index is 2.27. The van der Waals surface area contributed by atoms with Crippen LogP contribution in [0, 0.1) is 0 Å². The summed E-state index contributed by atoms with van der Waals surface area (Å²) < 4.78 is 33.1. The average Bonchev–Trinajstić information content (AvgIpc) is 2.64. The molecule has 19 heavy (non-hydrogen) atoms. The molecule has 1 heterocycles. The molecule has 4 nitrogen and oxygen atoms in total. The Bertz CT molecular complexity index is 532. The van der Waals surface area contributed by atoms with E-state index in [1.165, 1.54) is 4.31 Å². The first-order valence-corrected chi connectivity index (χ1v) is 8.64. The first kappa shape index (κ1) is 15.0. The molecule has 1 aromatic rings. The van der Waals surface area contributed by atoms with Gasteiger partial charge in [-0.25, -0.2) is 8.42 Å². The Hall–Kier alpha value is -0.430. The Labute approximate surface area is 122 Å². The number of hydrogen-bond donors (Lipinski definition) is 0. The molecule has 2 rings (SSSR count). The number of benzene rings is 1. The monoisotopic (exact) mass is 347 g/mol. The van der Waals surface area contributed by atoms with Crippen LogP contribution in [0.5, 0.6) is 0 Å². The topological polar surface area (TPSA) is 46.6 Å². The maximum absolute atomic E-state index is 12.6. The van der Waals surface area contributed by atoms with Crippen molar-refractivity contribution >= 4 is 26.0 Å². The van der Waals surface area contributed by atoms with E-state index in [0.717, 1.165) is 17.3 Å². The predicted octanol–water partition coefficient (Wildman–Crippen LogP) is 2.64. The first-order valence-electron chi connectivity index (χ1n) is 6.41. The standard InChI is InChI=1S/C13H18BrNO3S/c1-2-12-10-15(7-4-8-18-12)19(16,17)13-6-3-5-11(14)9-13/h3,5-6,9,12H,2,4,7-8,10H2,1H3. The molecule has 1 aliphatic rings. The van der Waals surface area contributed by atoms with Gasteiger partial charge in [0.1, 0.15) is 0 Å². The molecule has 1 atom stereocenters. The Morgan fingerprint density at radius 2 is 2.26 bits per heavy atom. The summed E-state index contributed by atoms with van der Waals surface area (Å²) in [5.74, 6) is 0. The third-order valence-electron chi connectivity index (χ3n) is 3.20. The van der Waals surface area contributed by atoms with Crippen molar-refractivity contribution in [2.24, 2.45) is 0 Å². The van der Waals surface area contributed by atoms with Crippen molar-refractivity contribution in [3.05, 3.63) is 28.7 Å². The van der Waals surface area contributed by atoms with E-state index in [1.807, 2.05) is 13.0 Å². The predicted molar refractivity (Wildman–Crippen MR) is 77.5 cm³/mol. The number of hydrogen-bond acceptors (Lipinski definition) is 3. The molecular formula is C13H18BrNO3S. The van der Waals surface area contributed by atoms with E-state index in [9.17, 15) is 8.42 Å². The van der Waals surface area contributed by atoms with E-state index >= 15 is 0 Å². The summed E-state index contributed by atoms with van der Waals surface area (Å²) >= 11 is 3.31. The molecule has 1 saturated heterocycles. The van der Waals surface area contributed by atoms with Crippen LogP contribution in [0.25, 0.3) is 0 Å². The molecule has 0 aromatic heterocycles. The van der Waals surface area contributed by atoms with Crippen molar-refractivity contribution < 1.29 is 13.2 Å². The van der Waals surface area contributed by atoms with Gasteiger partial charge in [0.05, 0.1) is 11.0 Å². The van der Waals surface area contributed by atoms with Crippen molar-refractivity contribution in [3.63, 3.8) is 0 Å². The van der Waals surface area contributed by atoms with Gasteiger partial charge in [0.15, 0.2) is 0 Å². The van der Waals surface area contributed by atoms with Crippen LogP contribution in [-0.4, -0.2) is 38.5 Å². The zero-order chi connectivity index (χ0) is 13.9. The smallest absolute Gasteiger partial charge is 0.243 e. The van der Waals surface area contributed by atoms with Gasteiger partial charge in [-0.2, -0.15) is 4.31 Å². The molecular weight excluding hydrogens is 330 g/mol. The van der Waals surface area contributed by atoms with Crippen LogP contribution in [-0.2, 0) is 14.8 Å². The summed E-state index contributed by atoms with van der Waals surface area (Å²) in [6.45, 7) is 3.60. The van der Waals surface area contributed by atoms with Crippen LogP contribution in [0.2, 0.25) is 0 Å². The van der Waals surface area contributed by atoms with Gasteiger partial charge in [-0.05, 0) is 31.0 Å². The lowest BCUT2D eigenvalue weighted by molar-refractivity contribution is 0.0593. The molecule has 0 spiro atoms. The van der Waals surface area contributed by atoms with E-state index < -0.39 is 10.0 Å². The quantitative estimate of drug-likeness (QED) is 0.844. The van der Waals surface area contributed by atoms with Crippen LogP contribution in [0.1, 0.15) is 19.8 Å². The maximum atomic E-state index is 12.6. The first-order chi connectivity index (χ1) is 9.04. The van der Waals surface area contributed by atoms with Crippen LogP contribution in [0.15, 0.2) is 33.6 Å². The molecule has 1 aromatic carbocycles. The fourth-order valence-corrected chi connectivity index (χ4v) is 4.21. The number of nitrogens with zero attached hydrogens (tertiary/aromatic N) is 1. The van der Waals surface area contributed by atoms with Crippen molar-refractivity contribution in [2.45, 2.75) is 30.8 Å². The lowest BCUT2D eigenvalue weighted by atomic mass is 10.3. The number of rotatable bonds is 3. The fraction of sp³-hybridized carbons (Fsp3) is 0.538. The molecule has 0 N–H and O–H groups in total. The van der Waals surface area contributed by atoms with E-state index in [2.05, 4.69) is 15.9 Å². The minimum absolute atomic E-state index is 0.00979. The lowest BCUT2D eigenvalue weighted by Crippen LogP contribution is -2.36. The minimum atomic E-state index is -3.43. The van der Waals surface area contributed by atoms with E-state index in [4.69, 9.17) is 4.74 Å². The summed E-state index contributed by atoms with van der Waals surface area (Å²) in [6, 6.07) is 6.83. The Morgan fingerprint density at radius 1 is 1.47 bits per heavy atom. The van der Waals surface area contributed by atoms with Gasteiger partial charge in [-0.3, -0.25) is 0 Å². The molecule has 6 heteroatoms. The Kier molecular flexibility index (Phi) is 5.00. The van der Waals surface area contributed by atoms with Gasteiger partial charge in [0, 0.05) is 24.2 Å². The molecule has 1 aliphatic heterocycles. The molecule has 1 fully saturated rings. The third-order valence-corrected chi connectivity index (χ3v) is 5.56. The van der Waals surface area contributed by atoms with Gasteiger partial charge in [0.2, 0.25) is 10.0 Å². The minimum Gasteiger partial charge on any atom is -0.377 e. The second-order valence-electron chi connectivity index (χ2n) is 4.58. The molecule has 0 bridgehead atoms. The van der Waals surface area contributed by atoms with Crippen LogP contribution in [0.4, 0.5) is 0 Å². The van der Waals surface area contributed by atoms with Crippen LogP contribution >= 0.6 is 15.9 Å². The number of halogens is 1. The van der Waals surface area contributed by atoms with Crippen molar-refractivity contribution in [2.75, 3.05) is 19.7 Å². The van der Waals surface area contributed by atoms with Gasteiger partial charge < -0.3 is 4.74 Å². The summed E-state index contributed by atoms with van der Waals surface area (Å²) in [7, 11) is -3.43. The normalized spacial score (nSPS) is 22.1. The van der Waals surface area contributed by atoms with Crippen molar-refractivity contribution in [3.8, 4) is 0 Å². The maximum Gasteiger partial charge on any atom is 0.243 e. The highest BCUT2D eigenvalue weighted by Gasteiger charge is 2.28. The SMILES string of the molecule is CCC1CN(S(=O)(=O)c2cccc(Br)c2)CCCO1. The van der Waals surface area contributed by atoms with E-state index in [1.54, 1.807) is 18.2 Å². The highest BCUT2D eigenvalue weighted by Crippen LogP contribution is 2.22. The lowest BCUT2D eigenvalue weighted by Gasteiger charge is -2.22. The molecule has 0 saturated carbocycles. The summed E-state index contributed by atoms with van der Waals surface area (Å²) in [4.78, 5) is 0.332.